The monoisotopic (exact) mass is 310 g/mol. The molecule has 4 heteroatoms. The molecule has 2 aliphatic rings. The summed E-state index contributed by atoms with van der Waals surface area (Å²) in [6.45, 7) is 12.2. The second kappa shape index (κ2) is 7.20. The Hall–Kier alpha value is -0.770. The van der Waals surface area contributed by atoms with Gasteiger partial charge in [-0.15, -0.1) is 0 Å². The third-order valence-electron chi connectivity index (χ3n) is 5.37. The third kappa shape index (κ3) is 4.37. The first-order valence-electron chi connectivity index (χ1n) is 9.04. The standard InChI is InChI=1S/C18H34N2O2/c1-6-14-9-10-16(13(14)2)19-12-15-8-7-11-20(15)17(21)22-18(3,4)5/h13-16,19H,6-12H2,1-5H3. The Balaban J connectivity index is 1.83. The Kier molecular flexibility index (Phi) is 5.76. The largest absolute Gasteiger partial charge is 0.444 e. The Bertz CT molecular complexity index is 378. The van der Waals surface area contributed by atoms with Crippen LogP contribution >= 0.6 is 0 Å². The summed E-state index contributed by atoms with van der Waals surface area (Å²) in [7, 11) is 0. The van der Waals surface area contributed by atoms with Gasteiger partial charge in [0.2, 0.25) is 0 Å². The van der Waals surface area contributed by atoms with Crippen LogP contribution in [-0.2, 0) is 4.74 Å². The number of nitrogens with one attached hydrogen (secondary N) is 1. The van der Waals surface area contributed by atoms with Gasteiger partial charge in [-0.3, -0.25) is 0 Å². The van der Waals surface area contributed by atoms with Crippen molar-refractivity contribution in [3.05, 3.63) is 0 Å². The lowest BCUT2D eigenvalue weighted by Crippen LogP contribution is -2.46. The van der Waals surface area contributed by atoms with E-state index in [0.717, 1.165) is 37.8 Å². The topological polar surface area (TPSA) is 41.6 Å². The van der Waals surface area contributed by atoms with E-state index in [-0.39, 0.29) is 6.09 Å². The van der Waals surface area contributed by atoms with Gasteiger partial charge in [-0.2, -0.15) is 0 Å². The maximum Gasteiger partial charge on any atom is 0.410 e. The zero-order chi connectivity index (χ0) is 16.3. The van der Waals surface area contributed by atoms with Crippen molar-refractivity contribution < 1.29 is 9.53 Å². The highest BCUT2D eigenvalue weighted by molar-refractivity contribution is 5.69. The van der Waals surface area contributed by atoms with E-state index in [1.807, 2.05) is 25.7 Å². The lowest BCUT2D eigenvalue weighted by atomic mass is 9.93. The second-order valence-corrected chi connectivity index (χ2v) is 8.09. The maximum absolute atomic E-state index is 12.3. The van der Waals surface area contributed by atoms with E-state index in [4.69, 9.17) is 4.74 Å². The molecular formula is C18H34N2O2. The van der Waals surface area contributed by atoms with Crippen LogP contribution in [0.2, 0.25) is 0 Å². The van der Waals surface area contributed by atoms with Gasteiger partial charge in [-0.1, -0.05) is 20.3 Å². The summed E-state index contributed by atoms with van der Waals surface area (Å²) in [4.78, 5) is 14.2. The van der Waals surface area contributed by atoms with Crippen LogP contribution in [-0.4, -0.2) is 41.8 Å². The molecule has 1 aliphatic heterocycles. The average molecular weight is 310 g/mol. The molecule has 0 radical (unpaired) electrons. The quantitative estimate of drug-likeness (QED) is 0.858. The minimum absolute atomic E-state index is 0.150. The molecule has 4 nitrogen and oxygen atoms in total. The van der Waals surface area contributed by atoms with Gasteiger partial charge in [0, 0.05) is 25.2 Å². The Morgan fingerprint density at radius 1 is 1.27 bits per heavy atom. The molecule has 0 bridgehead atoms. The van der Waals surface area contributed by atoms with E-state index >= 15 is 0 Å². The molecule has 2 fully saturated rings. The predicted molar refractivity (Wildman–Crippen MR) is 89.9 cm³/mol. The zero-order valence-corrected chi connectivity index (χ0v) is 15.0. The highest BCUT2D eigenvalue weighted by Gasteiger charge is 2.35. The van der Waals surface area contributed by atoms with Crippen molar-refractivity contribution in [1.29, 1.82) is 0 Å². The first-order chi connectivity index (χ1) is 10.3. The summed E-state index contributed by atoms with van der Waals surface area (Å²) in [5.74, 6) is 1.62. The molecule has 128 valence electrons. The molecule has 22 heavy (non-hydrogen) atoms. The second-order valence-electron chi connectivity index (χ2n) is 8.09. The van der Waals surface area contributed by atoms with Crippen molar-refractivity contribution in [2.45, 2.75) is 84.4 Å². The predicted octanol–water partition coefficient (Wildman–Crippen LogP) is 3.80. The number of carbonyl (C=O) groups is 1. The molecular weight excluding hydrogens is 276 g/mol. The SMILES string of the molecule is CCC1CCC(NCC2CCCN2C(=O)OC(C)(C)C)C1C. The summed E-state index contributed by atoms with van der Waals surface area (Å²) in [6, 6.07) is 0.911. The van der Waals surface area contributed by atoms with Gasteiger partial charge in [0.15, 0.2) is 0 Å². The molecule has 0 spiro atoms. The Morgan fingerprint density at radius 3 is 2.59 bits per heavy atom. The third-order valence-corrected chi connectivity index (χ3v) is 5.37. The van der Waals surface area contributed by atoms with Crippen LogP contribution in [0.5, 0.6) is 0 Å². The fraction of sp³-hybridized carbons (Fsp3) is 0.944. The first-order valence-corrected chi connectivity index (χ1v) is 9.04. The molecule has 1 N–H and O–H groups in total. The number of nitrogens with zero attached hydrogens (tertiary/aromatic N) is 1. The van der Waals surface area contributed by atoms with E-state index < -0.39 is 5.60 Å². The van der Waals surface area contributed by atoms with Crippen molar-refractivity contribution in [1.82, 2.24) is 10.2 Å². The van der Waals surface area contributed by atoms with Crippen molar-refractivity contribution >= 4 is 6.09 Å². The number of carbonyl (C=O) groups excluding carboxylic acids is 1. The fourth-order valence-corrected chi connectivity index (χ4v) is 4.01. The molecule has 1 saturated heterocycles. The van der Waals surface area contributed by atoms with Crippen LogP contribution in [0, 0.1) is 11.8 Å². The lowest BCUT2D eigenvalue weighted by molar-refractivity contribution is 0.0224. The molecule has 1 heterocycles. The number of amides is 1. The van der Waals surface area contributed by atoms with Gasteiger partial charge < -0.3 is 15.0 Å². The zero-order valence-electron chi connectivity index (χ0n) is 15.0. The van der Waals surface area contributed by atoms with Crippen LogP contribution in [0.25, 0.3) is 0 Å². The molecule has 0 aromatic heterocycles. The van der Waals surface area contributed by atoms with Crippen LogP contribution in [0.4, 0.5) is 4.79 Å². The van der Waals surface area contributed by atoms with Gasteiger partial charge in [-0.25, -0.2) is 4.79 Å². The van der Waals surface area contributed by atoms with Gasteiger partial charge in [0.1, 0.15) is 5.60 Å². The number of ether oxygens (including phenoxy) is 1. The van der Waals surface area contributed by atoms with Gasteiger partial charge in [0.25, 0.3) is 0 Å². The van der Waals surface area contributed by atoms with Gasteiger partial charge >= 0.3 is 6.09 Å². The first kappa shape index (κ1) is 17.6. The van der Waals surface area contributed by atoms with E-state index in [0.29, 0.717) is 12.1 Å². The molecule has 0 aromatic rings. The molecule has 2 rings (SSSR count). The summed E-state index contributed by atoms with van der Waals surface area (Å²) in [5, 5.41) is 3.74. The minimum Gasteiger partial charge on any atom is -0.444 e. The van der Waals surface area contributed by atoms with Crippen molar-refractivity contribution in [2.24, 2.45) is 11.8 Å². The summed E-state index contributed by atoms with van der Waals surface area (Å²) < 4.78 is 5.54. The minimum atomic E-state index is -0.411. The van der Waals surface area contributed by atoms with E-state index in [9.17, 15) is 4.79 Å². The normalized spacial score (nSPS) is 32.5. The van der Waals surface area contributed by atoms with Crippen molar-refractivity contribution in [3.8, 4) is 0 Å². The maximum atomic E-state index is 12.3. The van der Waals surface area contributed by atoms with E-state index in [1.54, 1.807) is 0 Å². The number of hydrogen-bond acceptors (Lipinski definition) is 3. The molecule has 1 saturated carbocycles. The smallest absolute Gasteiger partial charge is 0.410 e. The molecule has 4 unspecified atom stereocenters. The molecule has 0 aromatic carbocycles. The van der Waals surface area contributed by atoms with Gasteiger partial charge in [-0.05, 0) is 58.3 Å². The van der Waals surface area contributed by atoms with Crippen LogP contribution in [0.1, 0.15) is 66.7 Å². The number of rotatable bonds is 4. The summed E-state index contributed by atoms with van der Waals surface area (Å²) in [6.07, 6.45) is 5.93. The van der Waals surface area contributed by atoms with Crippen molar-refractivity contribution in [3.63, 3.8) is 0 Å². The molecule has 1 aliphatic carbocycles. The molecule has 1 amide bonds. The highest BCUT2D eigenvalue weighted by atomic mass is 16.6. The van der Waals surface area contributed by atoms with Crippen LogP contribution < -0.4 is 5.32 Å². The number of likely N-dealkylation sites (tertiary alicyclic amines) is 1. The summed E-state index contributed by atoms with van der Waals surface area (Å²) >= 11 is 0. The highest BCUT2D eigenvalue weighted by Crippen LogP contribution is 2.34. The average Bonchev–Trinajstić information content (AvgIpc) is 3.01. The van der Waals surface area contributed by atoms with Crippen molar-refractivity contribution in [2.75, 3.05) is 13.1 Å². The van der Waals surface area contributed by atoms with Crippen LogP contribution in [0.3, 0.4) is 0 Å². The Labute approximate surface area is 136 Å². The molecule has 4 atom stereocenters. The Morgan fingerprint density at radius 2 is 2.00 bits per heavy atom. The summed E-state index contributed by atoms with van der Waals surface area (Å²) in [5.41, 5.74) is -0.411. The van der Waals surface area contributed by atoms with E-state index in [2.05, 4.69) is 19.2 Å². The lowest BCUT2D eigenvalue weighted by Gasteiger charge is -2.30. The fourth-order valence-electron chi connectivity index (χ4n) is 4.01. The number of hydrogen-bond donors (Lipinski definition) is 1. The van der Waals surface area contributed by atoms with Gasteiger partial charge in [0.05, 0.1) is 0 Å². The van der Waals surface area contributed by atoms with E-state index in [1.165, 1.54) is 19.3 Å². The van der Waals surface area contributed by atoms with Crippen LogP contribution in [0.15, 0.2) is 0 Å².